The van der Waals surface area contributed by atoms with Gasteiger partial charge >= 0.3 is 0 Å². The standard InChI is InChI=1S/C29H25NO7/c1-2-34-21-9-5-17(6-10-21)26-25(27(31)19-7-11-22-18(14-19)4-3-13-35-22)28(32)29(33)30(26)20-8-12-23-24(15-20)37-16-36-23/h5-12,14-15,26,31H,2-4,13,16H2,1H3/b27-25-. The van der Waals surface area contributed by atoms with Gasteiger partial charge < -0.3 is 24.1 Å². The Morgan fingerprint density at radius 3 is 2.57 bits per heavy atom. The van der Waals surface area contributed by atoms with Crippen LogP contribution >= 0.6 is 0 Å². The third-order valence-electron chi connectivity index (χ3n) is 6.77. The number of rotatable bonds is 5. The number of amides is 1. The molecule has 0 aliphatic carbocycles. The van der Waals surface area contributed by atoms with Gasteiger partial charge in [-0.15, -0.1) is 0 Å². The summed E-state index contributed by atoms with van der Waals surface area (Å²) in [7, 11) is 0. The van der Waals surface area contributed by atoms with Gasteiger partial charge in [0.05, 0.1) is 24.8 Å². The molecule has 0 radical (unpaired) electrons. The van der Waals surface area contributed by atoms with Crippen molar-refractivity contribution in [2.45, 2.75) is 25.8 Å². The molecule has 3 aromatic carbocycles. The summed E-state index contributed by atoms with van der Waals surface area (Å²) in [4.78, 5) is 28.3. The number of nitrogens with zero attached hydrogens (tertiary/aromatic N) is 1. The normalized spacial score (nSPS) is 19.5. The lowest BCUT2D eigenvalue weighted by atomic mass is 9.93. The van der Waals surface area contributed by atoms with E-state index in [0.29, 0.717) is 47.3 Å². The molecule has 6 rings (SSSR count). The van der Waals surface area contributed by atoms with E-state index in [1.807, 2.05) is 13.0 Å². The smallest absolute Gasteiger partial charge is 0.300 e. The van der Waals surface area contributed by atoms with Gasteiger partial charge in [0, 0.05) is 17.3 Å². The summed E-state index contributed by atoms with van der Waals surface area (Å²) in [6.07, 6.45) is 1.68. The molecule has 3 aliphatic heterocycles. The Hall–Kier alpha value is -4.46. The molecule has 8 heteroatoms. The van der Waals surface area contributed by atoms with Gasteiger partial charge in [-0.2, -0.15) is 0 Å². The van der Waals surface area contributed by atoms with Crippen LogP contribution in [0.2, 0.25) is 0 Å². The molecular weight excluding hydrogens is 474 g/mol. The van der Waals surface area contributed by atoms with Crippen molar-refractivity contribution in [2.75, 3.05) is 24.9 Å². The van der Waals surface area contributed by atoms with Crippen LogP contribution in [0.5, 0.6) is 23.0 Å². The zero-order valence-electron chi connectivity index (χ0n) is 20.2. The molecule has 1 N–H and O–H groups in total. The first-order valence-electron chi connectivity index (χ1n) is 12.2. The molecule has 1 unspecified atom stereocenters. The number of anilines is 1. The number of aryl methyl sites for hydroxylation is 1. The molecule has 1 fully saturated rings. The second kappa shape index (κ2) is 9.20. The van der Waals surface area contributed by atoms with Crippen LogP contribution < -0.4 is 23.8 Å². The van der Waals surface area contributed by atoms with Crippen molar-refractivity contribution in [1.82, 2.24) is 0 Å². The number of aliphatic hydroxyl groups excluding tert-OH is 1. The largest absolute Gasteiger partial charge is 0.507 e. The van der Waals surface area contributed by atoms with Crippen molar-refractivity contribution < 1.29 is 33.6 Å². The molecule has 0 spiro atoms. The second-order valence-corrected chi connectivity index (χ2v) is 8.98. The molecule has 3 aromatic rings. The molecule has 0 aromatic heterocycles. The lowest BCUT2D eigenvalue weighted by molar-refractivity contribution is -0.132. The number of hydrogen-bond donors (Lipinski definition) is 1. The van der Waals surface area contributed by atoms with E-state index in [9.17, 15) is 14.7 Å². The Balaban J connectivity index is 1.50. The van der Waals surface area contributed by atoms with Crippen molar-refractivity contribution in [2.24, 2.45) is 0 Å². The minimum atomic E-state index is -0.858. The molecule has 37 heavy (non-hydrogen) atoms. The van der Waals surface area contributed by atoms with E-state index < -0.39 is 17.7 Å². The molecule has 3 aliphatic rings. The van der Waals surface area contributed by atoms with Gasteiger partial charge in [0.2, 0.25) is 6.79 Å². The van der Waals surface area contributed by atoms with Crippen molar-refractivity contribution >= 4 is 23.1 Å². The first kappa shape index (κ1) is 23.0. The topological polar surface area (TPSA) is 94.5 Å². The van der Waals surface area contributed by atoms with Crippen LogP contribution in [0, 0.1) is 0 Å². The third kappa shape index (κ3) is 3.94. The fourth-order valence-corrected chi connectivity index (χ4v) is 5.03. The van der Waals surface area contributed by atoms with E-state index in [4.69, 9.17) is 18.9 Å². The number of carbonyl (C=O) groups excluding carboxylic acids is 2. The molecule has 8 nitrogen and oxygen atoms in total. The van der Waals surface area contributed by atoms with E-state index in [1.165, 1.54) is 4.90 Å². The summed E-state index contributed by atoms with van der Waals surface area (Å²) in [5.74, 6) is 0.763. The summed E-state index contributed by atoms with van der Waals surface area (Å²) >= 11 is 0. The monoisotopic (exact) mass is 499 g/mol. The van der Waals surface area contributed by atoms with Gasteiger partial charge in [-0.25, -0.2) is 0 Å². The molecular formula is C29H25NO7. The van der Waals surface area contributed by atoms with Crippen LogP contribution in [0.25, 0.3) is 5.76 Å². The maximum absolute atomic E-state index is 13.5. The lowest BCUT2D eigenvalue weighted by Crippen LogP contribution is -2.29. The summed E-state index contributed by atoms with van der Waals surface area (Å²) in [5, 5.41) is 11.5. The van der Waals surface area contributed by atoms with Gasteiger partial charge in [0.25, 0.3) is 11.7 Å². The highest BCUT2D eigenvalue weighted by atomic mass is 16.7. The SMILES string of the molecule is CCOc1ccc(C2/C(=C(/O)c3ccc4c(c3)CCCO4)C(=O)C(=O)N2c2ccc3c(c2)OCO3)cc1. The van der Waals surface area contributed by atoms with Crippen LogP contribution in [0.1, 0.15) is 36.1 Å². The Bertz CT molecular complexity index is 1430. The Morgan fingerprint density at radius 2 is 1.76 bits per heavy atom. The molecule has 1 amide bonds. The van der Waals surface area contributed by atoms with E-state index in [-0.39, 0.29) is 18.1 Å². The van der Waals surface area contributed by atoms with E-state index in [2.05, 4.69) is 0 Å². The fraction of sp³-hybridized carbons (Fsp3) is 0.241. The van der Waals surface area contributed by atoms with Gasteiger partial charge in [-0.1, -0.05) is 12.1 Å². The van der Waals surface area contributed by atoms with Crippen LogP contribution in [0.4, 0.5) is 5.69 Å². The molecule has 3 heterocycles. The number of benzene rings is 3. The van der Waals surface area contributed by atoms with Crippen LogP contribution in [0.15, 0.2) is 66.2 Å². The van der Waals surface area contributed by atoms with Crippen molar-refractivity contribution in [3.63, 3.8) is 0 Å². The fourth-order valence-electron chi connectivity index (χ4n) is 5.03. The highest BCUT2D eigenvalue weighted by Crippen LogP contribution is 2.45. The van der Waals surface area contributed by atoms with Gasteiger partial charge in [-0.3, -0.25) is 14.5 Å². The Morgan fingerprint density at radius 1 is 0.973 bits per heavy atom. The number of carbonyl (C=O) groups is 2. The van der Waals surface area contributed by atoms with Gasteiger partial charge in [0.1, 0.15) is 17.3 Å². The highest BCUT2D eigenvalue weighted by Gasteiger charge is 2.47. The maximum atomic E-state index is 13.5. The molecule has 1 saturated heterocycles. The number of fused-ring (bicyclic) bond motifs is 2. The number of aliphatic hydroxyl groups is 1. The van der Waals surface area contributed by atoms with Gasteiger partial charge in [0.15, 0.2) is 11.5 Å². The highest BCUT2D eigenvalue weighted by molar-refractivity contribution is 6.51. The number of ketones is 1. The number of ether oxygens (including phenoxy) is 4. The summed E-state index contributed by atoms with van der Waals surface area (Å²) in [6, 6.07) is 16.7. The Labute approximate surface area is 213 Å². The summed E-state index contributed by atoms with van der Waals surface area (Å²) < 4.78 is 22.2. The summed E-state index contributed by atoms with van der Waals surface area (Å²) in [6.45, 7) is 3.14. The minimum absolute atomic E-state index is 0.0171. The summed E-state index contributed by atoms with van der Waals surface area (Å²) in [5.41, 5.74) is 2.55. The van der Waals surface area contributed by atoms with E-state index in [1.54, 1.807) is 54.6 Å². The third-order valence-corrected chi connectivity index (χ3v) is 6.77. The lowest BCUT2D eigenvalue weighted by Gasteiger charge is -2.26. The number of hydrogen-bond acceptors (Lipinski definition) is 7. The molecule has 0 saturated carbocycles. The van der Waals surface area contributed by atoms with Crippen LogP contribution in [0.3, 0.4) is 0 Å². The van der Waals surface area contributed by atoms with Crippen molar-refractivity contribution in [3.05, 3.63) is 82.9 Å². The average Bonchev–Trinajstić information content (AvgIpc) is 3.50. The van der Waals surface area contributed by atoms with Crippen LogP contribution in [-0.4, -0.2) is 36.8 Å². The molecule has 188 valence electrons. The number of Topliss-reactive ketones (excluding diaryl/α,β-unsaturated/α-hetero) is 1. The Kier molecular flexibility index (Phi) is 5.71. The average molecular weight is 500 g/mol. The zero-order valence-corrected chi connectivity index (χ0v) is 20.2. The maximum Gasteiger partial charge on any atom is 0.300 e. The van der Waals surface area contributed by atoms with Crippen molar-refractivity contribution in [3.8, 4) is 23.0 Å². The van der Waals surface area contributed by atoms with Gasteiger partial charge in [-0.05, 0) is 73.4 Å². The zero-order chi connectivity index (χ0) is 25.5. The van der Waals surface area contributed by atoms with Crippen LogP contribution in [-0.2, 0) is 16.0 Å². The first-order valence-corrected chi connectivity index (χ1v) is 12.2. The van der Waals surface area contributed by atoms with E-state index in [0.717, 1.165) is 24.2 Å². The predicted octanol–water partition coefficient (Wildman–Crippen LogP) is 4.77. The predicted molar refractivity (Wildman–Crippen MR) is 135 cm³/mol. The first-order chi connectivity index (χ1) is 18.0. The van der Waals surface area contributed by atoms with E-state index >= 15 is 0 Å². The molecule has 0 bridgehead atoms. The second-order valence-electron chi connectivity index (χ2n) is 8.98. The quantitative estimate of drug-likeness (QED) is 0.307. The molecule has 1 atom stereocenters. The van der Waals surface area contributed by atoms with Crippen molar-refractivity contribution in [1.29, 1.82) is 0 Å². The minimum Gasteiger partial charge on any atom is -0.507 e.